The second-order valence-corrected chi connectivity index (χ2v) is 7.14. The summed E-state index contributed by atoms with van der Waals surface area (Å²) >= 11 is 0. The summed E-state index contributed by atoms with van der Waals surface area (Å²) in [7, 11) is 0. The average Bonchev–Trinajstić information content (AvgIpc) is 2.70. The average molecular weight is 431 g/mol. The summed E-state index contributed by atoms with van der Waals surface area (Å²) in [6, 6.07) is 0. The van der Waals surface area contributed by atoms with Crippen molar-refractivity contribution in [1.82, 2.24) is 0 Å². The summed E-state index contributed by atoms with van der Waals surface area (Å²) in [5.41, 5.74) is -1.30. The predicted octanol–water partition coefficient (Wildman–Crippen LogP) is 3.59. The van der Waals surface area contributed by atoms with Crippen LogP contribution in [0.2, 0.25) is 0 Å². The Morgan fingerprint density at radius 1 is 0.633 bits per heavy atom. The lowest BCUT2D eigenvalue weighted by Crippen LogP contribution is -2.39. The van der Waals surface area contributed by atoms with Gasteiger partial charge in [0.15, 0.2) is 11.3 Å². The molecule has 0 saturated carbocycles. The van der Waals surface area contributed by atoms with Crippen LogP contribution >= 0.6 is 0 Å². The van der Waals surface area contributed by atoms with Gasteiger partial charge in [0.25, 0.3) is 0 Å². The van der Waals surface area contributed by atoms with E-state index in [9.17, 15) is 19.2 Å². The minimum absolute atomic E-state index is 0.204. The molecular formula is C22H38O8. The van der Waals surface area contributed by atoms with Gasteiger partial charge in [0.2, 0.25) is 0 Å². The van der Waals surface area contributed by atoms with Gasteiger partial charge >= 0.3 is 23.9 Å². The van der Waals surface area contributed by atoms with Crippen molar-refractivity contribution in [1.29, 1.82) is 0 Å². The fraction of sp³-hybridized carbons (Fsp3) is 0.818. The number of rotatable bonds is 16. The van der Waals surface area contributed by atoms with Gasteiger partial charge in [-0.25, -0.2) is 0 Å². The Morgan fingerprint density at radius 2 is 1.03 bits per heavy atom. The molecule has 0 aliphatic heterocycles. The van der Waals surface area contributed by atoms with Crippen LogP contribution in [0.1, 0.15) is 79.6 Å². The van der Waals surface area contributed by atoms with Crippen molar-refractivity contribution < 1.29 is 38.1 Å². The van der Waals surface area contributed by atoms with Crippen molar-refractivity contribution in [2.75, 3.05) is 26.4 Å². The zero-order chi connectivity index (χ0) is 23.0. The molecule has 0 amide bonds. The van der Waals surface area contributed by atoms with Gasteiger partial charge in [-0.1, -0.05) is 32.1 Å². The molecule has 0 aromatic rings. The molecule has 0 aliphatic rings. The van der Waals surface area contributed by atoms with Crippen LogP contribution in [-0.4, -0.2) is 50.3 Å². The first-order chi connectivity index (χ1) is 14.3. The van der Waals surface area contributed by atoms with Gasteiger partial charge in [-0.05, 0) is 47.5 Å². The van der Waals surface area contributed by atoms with E-state index in [0.29, 0.717) is 25.7 Å². The number of ether oxygens (including phenoxy) is 4. The Morgan fingerprint density at radius 3 is 1.47 bits per heavy atom. The summed E-state index contributed by atoms with van der Waals surface area (Å²) in [4.78, 5) is 48.4. The van der Waals surface area contributed by atoms with E-state index < -0.39 is 35.2 Å². The Balaban J connectivity index is 4.47. The highest BCUT2D eigenvalue weighted by Gasteiger charge is 2.43. The third kappa shape index (κ3) is 9.59. The topological polar surface area (TPSA) is 105 Å². The van der Waals surface area contributed by atoms with Crippen LogP contribution in [0.4, 0.5) is 0 Å². The molecule has 0 rings (SSSR count). The molecular weight excluding hydrogens is 392 g/mol. The first-order valence-electron chi connectivity index (χ1n) is 11.0. The van der Waals surface area contributed by atoms with Crippen LogP contribution in [0.5, 0.6) is 0 Å². The molecule has 8 nitrogen and oxygen atoms in total. The van der Waals surface area contributed by atoms with Crippen molar-refractivity contribution in [2.45, 2.75) is 79.6 Å². The largest absolute Gasteiger partial charge is 0.465 e. The van der Waals surface area contributed by atoms with Crippen molar-refractivity contribution in [2.24, 2.45) is 11.3 Å². The van der Waals surface area contributed by atoms with Crippen LogP contribution in [-0.2, 0) is 38.1 Å². The molecule has 0 aromatic heterocycles. The second kappa shape index (κ2) is 15.7. The molecule has 0 heterocycles. The standard InChI is InChI=1S/C22H38O8/c1-6-27-18(23)17(19(24)28-7-2)15-13-11-10-12-14-16-22(5,20(25)29-8-3)21(26)30-9-4/h17H,6-16H2,1-5H3. The molecule has 0 atom stereocenters. The zero-order valence-electron chi connectivity index (χ0n) is 19.1. The number of hydrogen-bond acceptors (Lipinski definition) is 8. The van der Waals surface area contributed by atoms with Crippen LogP contribution in [0.15, 0.2) is 0 Å². The molecule has 30 heavy (non-hydrogen) atoms. The third-order valence-corrected chi connectivity index (χ3v) is 4.76. The molecule has 0 saturated heterocycles. The highest BCUT2D eigenvalue weighted by molar-refractivity contribution is 5.99. The SMILES string of the molecule is CCOC(=O)C(CCCCCCCC(C)(C(=O)OCC)C(=O)OCC)C(=O)OCC. The maximum atomic E-state index is 12.2. The van der Waals surface area contributed by atoms with Gasteiger partial charge in [0.05, 0.1) is 26.4 Å². The Kier molecular flexibility index (Phi) is 14.6. The fourth-order valence-electron chi connectivity index (χ4n) is 3.04. The van der Waals surface area contributed by atoms with Gasteiger partial charge in [0, 0.05) is 0 Å². The first-order valence-corrected chi connectivity index (χ1v) is 11.0. The summed E-state index contributed by atoms with van der Waals surface area (Å²) < 4.78 is 20.0. The monoisotopic (exact) mass is 430 g/mol. The molecule has 0 aliphatic carbocycles. The number of carbonyl (C=O) groups is 4. The van der Waals surface area contributed by atoms with E-state index in [1.54, 1.807) is 34.6 Å². The molecule has 0 radical (unpaired) electrons. The summed E-state index contributed by atoms with van der Waals surface area (Å²) in [6.07, 6.45) is 4.52. The Hall–Kier alpha value is -2.12. The van der Waals surface area contributed by atoms with Crippen LogP contribution < -0.4 is 0 Å². The Bertz CT molecular complexity index is 507. The molecule has 0 aromatic carbocycles. The lowest BCUT2D eigenvalue weighted by Gasteiger charge is -2.24. The highest BCUT2D eigenvalue weighted by atomic mass is 16.6. The second-order valence-electron chi connectivity index (χ2n) is 7.14. The first kappa shape index (κ1) is 27.9. The molecule has 0 N–H and O–H groups in total. The molecule has 0 spiro atoms. The number of unbranched alkanes of at least 4 members (excludes halogenated alkanes) is 4. The van der Waals surface area contributed by atoms with E-state index in [1.165, 1.54) is 0 Å². The quantitative estimate of drug-likeness (QED) is 0.158. The van der Waals surface area contributed by atoms with E-state index in [-0.39, 0.29) is 26.4 Å². The maximum absolute atomic E-state index is 12.2. The normalized spacial score (nSPS) is 11.1. The minimum Gasteiger partial charge on any atom is -0.465 e. The van der Waals surface area contributed by atoms with E-state index in [4.69, 9.17) is 18.9 Å². The summed E-state index contributed by atoms with van der Waals surface area (Å²) in [5, 5.41) is 0. The maximum Gasteiger partial charge on any atom is 0.323 e. The minimum atomic E-state index is -1.30. The lowest BCUT2D eigenvalue weighted by molar-refractivity contribution is -0.171. The van der Waals surface area contributed by atoms with Gasteiger partial charge in [-0.15, -0.1) is 0 Å². The van der Waals surface area contributed by atoms with Crippen LogP contribution in [0.25, 0.3) is 0 Å². The van der Waals surface area contributed by atoms with E-state index >= 15 is 0 Å². The van der Waals surface area contributed by atoms with Gasteiger partial charge in [0.1, 0.15) is 0 Å². The van der Waals surface area contributed by atoms with Gasteiger partial charge < -0.3 is 18.9 Å². The van der Waals surface area contributed by atoms with E-state index in [0.717, 1.165) is 19.3 Å². The third-order valence-electron chi connectivity index (χ3n) is 4.76. The highest BCUT2D eigenvalue weighted by Crippen LogP contribution is 2.29. The number of esters is 4. The van der Waals surface area contributed by atoms with Crippen molar-refractivity contribution in [3.05, 3.63) is 0 Å². The predicted molar refractivity (Wildman–Crippen MR) is 110 cm³/mol. The van der Waals surface area contributed by atoms with Gasteiger partial charge in [-0.2, -0.15) is 0 Å². The molecule has 0 bridgehead atoms. The van der Waals surface area contributed by atoms with E-state index in [1.807, 2.05) is 0 Å². The van der Waals surface area contributed by atoms with Crippen LogP contribution in [0.3, 0.4) is 0 Å². The van der Waals surface area contributed by atoms with Crippen molar-refractivity contribution in [3.63, 3.8) is 0 Å². The summed E-state index contributed by atoms with van der Waals surface area (Å²) in [5.74, 6) is -3.10. The molecule has 8 heteroatoms. The molecule has 0 fully saturated rings. The molecule has 174 valence electrons. The van der Waals surface area contributed by atoms with Crippen LogP contribution in [0, 0.1) is 11.3 Å². The molecule has 0 unspecified atom stereocenters. The van der Waals surface area contributed by atoms with Crippen molar-refractivity contribution in [3.8, 4) is 0 Å². The lowest BCUT2D eigenvalue weighted by atomic mass is 9.84. The van der Waals surface area contributed by atoms with Crippen molar-refractivity contribution >= 4 is 23.9 Å². The zero-order valence-corrected chi connectivity index (χ0v) is 19.1. The number of hydrogen-bond donors (Lipinski definition) is 0. The number of carbonyl (C=O) groups excluding carboxylic acids is 4. The smallest absolute Gasteiger partial charge is 0.323 e. The fourth-order valence-corrected chi connectivity index (χ4v) is 3.04. The summed E-state index contributed by atoms with van der Waals surface area (Å²) in [6.45, 7) is 9.19. The van der Waals surface area contributed by atoms with E-state index in [2.05, 4.69) is 0 Å². The Labute approximate surface area is 180 Å². The van der Waals surface area contributed by atoms with Gasteiger partial charge in [-0.3, -0.25) is 19.2 Å².